The van der Waals surface area contributed by atoms with Crippen LogP contribution in [0.25, 0.3) is 0 Å². The fourth-order valence-corrected chi connectivity index (χ4v) is 1.04. The molecule has 0 heterocycles. The topological polar surface area (TPSA) is 20.2 Å². The molecule has 0 aromatic heterocycles. The van der Waals surface area contributed by atoms with E-state index in [2.05, 4.69) is 33.4 Å². The van der Waals surface area contributed by atoms with Gasteiger partial charge in [0.2, 0.25) is 0 Å². The first-order valence-electron chi connectivity index (χ1n) is 5.22. The summed E-state index contributed by atoms with van der Waals surface area (Å²) >= 11 is 0. The van der Waals surface area contributed by atoms with Crippen molar-refractivity contribution in [3.05, 3.63) is 24.3 Å². The van der Waals surface area contributed by atoms with Gasteiger partial charge in [0.25, 0.3) is 0 Å². The van der Waals surface area contributed by atoms with Crippen molar-refractivity contribution in [1.82, 2.24) is 0 Å². The fourth-order valence-electron chi connectivity index (χ4n) is 1.04. The van der Waals surface area contributed by atoms with E-state index in [-0.39, 0.29) is 5.41 Å². The molecule has 1 unspecified atom stereocenters. The van der Waals surface area contributed by atoms with Crippen LogP contribution < -0.4 is 0 Å². The Morgan fingerprint density at radius 3 is 2.14 bits per heavy atom. The second-order valence-electron chi connectivity index (χ2n) is 5.21. The number of hydrogen-bond acceptors (Lipinski definition) is 1. The Labute approximate surface area is 88.5 Å². The van der Waals surface area contributed by atoms with Gasteiger partial charge in [-0.3, -0.25) is 0 Å². The normalized spacial score (nSPS) is 17.7. The lowest BCUT2D eigenvalue weighted by atomic mass is 9.75. The lowest BCUT2D eigenvalue weighted by Gasteiger charge is -2.37. The predicted molar refractivity (Wildman–Crippen MR) is 63.3 cm³/mol. The van der Waals surface area contributed by atoms with Crippen molar-refractivity contribution in [2.24, 2.45) is 5.41 Å². The standard InChI is InChI=1S/C13H24O/c1-7-11(2)9-8-10-13(6,14)12(3,4)5/h7,9,14H,1,8,10H2,2-6H3/b11-9+. The third kappa shape index (κ3) is 4.10. The molecule has 0 aliphatic rings. The summed E-state index contributed by atoms with van der Waals surface area (Å²) in [4.78, 5) is 0. The van der Waals surface area contributed by atoms with Crippen LogP contribution in [0.2, 0.25) is 0 Å². The van der Waals surface area contributed by atoms with Gasteiger partial charge in [-0.15, -0.1) is 0 Å². The third-order valence-corrected chi connectivity index (χ3v) is 3.04. The van der Waals surface area contributed by atoms with Crippen molar-refractivity contribution in [2.45, 2.75) is 53.1 Å². The Balaban J connectivity index is 4.20. The number of allylic oxidation sites excluding steroid dienone is 3. The molecule has 0 aromatic rings. The van der Waals surface area contributed by atoms with Crippen LogP contribution in [0.3, 0.4) is 0 Å². The van der Waals surface area contributed by atoms with Gasteiger partial charge in [0.05, 0.1) is 5.60 Å². The zero-order valence-electron chi connectivity index (χ0n) is 10.2. The van der Waals surface area contributed by atoms with E-state index in [9.17, 15) is 5.11 Å². The molecule has 82 valence electrons. The van der Waals surface area contributed by atoms with Gasteiger partial charge in [0.15, 0.2) is 0 Å². The van der Waals surface area contributed by atoms with E-state index >= 15 is 0 Å². The smallest absolute Gasteiger partial charge is 0.0670 e. The molecule has 14 heavy (non-hydrogen) atoms. The van der Waals surface area contributed by atoms with Crippen molar-refractivity contribution >= 4 is 0 Å². The minimum absolute atomic E-state index is 0.0665. The minimum Gasteiger partial charge on any atom is -0.390 e. The molecule has 0 saturated carbocycles. The molecule has 1 heteroatoms. The maximum atomic E-state index is 10.2. The van der Waals surface area contributed by atoms with Gasteiger partial charge < -0.3 is 5.11 Å². The molecule has 0 rings (SSSR count). The van der Waals surface area contributed by atoms with Gasteiger partial charge in [-0.2, -0.15) is 0 Å². The maximum Gasteiger partial charge on any atom is 0.0670 e. The molecule has 0 spiro atoms. The average Bonchev–Trinajstić information content (AvgIpc) is 2.01. The molecule has 1 nitrogen and oxygen atoms in total. The summed E-state index contributed by atoms with van der Waals surface area (Å²) in [6.45, 7) is 13.8. The van der Waals surface area contributed by atoms with Crippen molar-refractivity contribution in [3.63, 3.8) is 0 Å². The summed E-state index contributed by atoms with van der Waals surface area (Å²) in [7, 11) is 0. The quantitative estimate of drug-likeness (QED) is 0.680. The summed E-state index contributed by atoms with van der Waals surface area (Å²) in [6.07, 6.45) is 5.66. The highest BCUT2D eigenvalue weighted by Crippen LogP contribution is 2.33. The van der Waals surface area contributed by atoms with Crippen LogP contribution >= 0.6 is 0 Å². The molecule has 0 bridgehead atoms. The monoisotopic (exact) mass is 196 g/mol. The maximum absolute atomic E-state index is 10.2. The van der Waals surface area contributed by atoms with E-state index < -0.39 is 5.60 Å². The van der Waals surface area contributed by atoms with E-state index in [0.717, 1.165) is 12.8 Å². The fraction of sp³-hybridized carbons (Fsp3) is 0.692. The first kappa shape index (κ1) is 13.4. The first-order valence-corrected chi connectivity index (χ1v) is 5.22. The minimum atomic E-state index is -0.606. The molecule has 0 radical (unpaired) electrons. The lowest BCUT2D eigenvalue weighted by molar-refractivity contribution is -0.0471. The Hall–Kier alpha value is -0.560. The van der Waals surface area contributed by atoms with E-state index in [4.69, 9.17) is 0 Å². The molecular formula is C13H24O. The summed E-state index contributed by atoms with van der Waals surface area (Å²) in [5.74, 6) is 0. The van der Waals surface area contributed by atoms with Crippen molar-refractivity contribution in [1.29, 1.82) is 0 Å². The first-order chi connectivity index (χ1) is 6.20. The number of hydrogen-bond donors (Lipinski definition) is 1. The average molecular weight is 196 g/mol. The lowest BCUT2D eigenvalue weighted by Crippen LogP contribution is -2.39. The highest BCUT2D eigenvalue weighted by Gasteiger charge is 2.34. The molecule has 0 amide bonds. The summed E-state index contributed by atoms with van der Waals surface area (Å²) in [5.41, 5.74) is 0.503. The Morgan fingerprint density at radius 1 is 1.29 bits per heavy atom. The van der Waals surface area contributed by atoms with Gasteiger partial charge in [0.1, 0.15) is 0 Å². The third-order valence-electron chi connectivity index (χ3n) is 3.04. The Morgan fingerprint density at radius 2 is 1.79 bits per heavy atom. The van der Waals surface area contributed by atoms with Crippen LogP contribution in [0, 0.1) is 5.41 Å². The van der Waals surface area contributed by atoms with E-state index in [1.165, 1.54) is 5.57 Å². The summed E-state index contributed by atoms with van der Waals surface area (Å²) in [5, 5.41) is 10.2. The van der Waals surface area contributed by atoms with E-state index in [1.807, 2.05) is 19.9 Å². The number of rotatable bonds is 4. The summed E-state index contributed by atoms with van der Waals surface area (Å²) in [6, 6.07) is 0. The SMILES string of the molecule is C=C/C(C)=C/CCC(C)(O)C(C)(C)C. The van der Waals surface area contributed by atoms with Crippen LogP contribution in [-0.4, -0.2) is 10.7 Å². The largest absolute Gasteiger partial charge is 0.390 e. The molecule has 1 atom stereocenters. The molecular weight excluding hydrogens is 172 g/mol. The van der Waals surface area contributed by atoms with Crippen molar-refractivity contribution in [2.75, 3.05) is 0 Å². The van der Waals surface area contributed by atoms with Crippen molar-refractivity contribution in [3.8, 4) is 0 Å². The van der Waals surface area contributed by atoms with Gasteiger partial charge in [-0.05, 0) is 32.1 Å². The van der Waals surface area contributed by atoms with Crippen molar-refractivity contribution < 1.29 is 5.11 Å². The molecule has 0 aliphatic heterocycles. The van der Waals surface area contributed by atoms with Crippen LogP contribution in [0.4, 0.5) is 0 Å². The Bertz CT molecular complexity index is 216. The van der Waals surface area contributed by atoms with Gasteiger partial charge in [-0.1, -0.05) is 45.1 Å². The molecule has 1 N–H and O–H groups in total. The van der Waals surface area contributed by atoms with Crippen LogP contribution in [0.1, 0.15) is 47.5 Å². The van der Waals surface area contributed by atoms with Crippen LogP contribution in [-0.2, 0) is 0 Å². The van der Waals surface area contributed by atoms with E-state index in [1.54, 1.807) is 0 Å². The zero-order chi connectivity index (χ0) is 11.4. The summed E-state index contributed by atoms with van der Waals surface area (Å²) < 4.78 is 0. The predicted octanol–water partition coefficient (Wildman–Crippen LogP) is 3.70. The van der Waals surface area contributed by atoms with Crippen LogP contribution in [0.15, 0.2) is 24.3 Å². The molecule has 0 fully saturated rings. The Kier molecular flexibility index (Phi) is 4.60. The highest BCUT2D eigenvalue weighted by atomic mass is 16.3. The van der Waals surface area contributed by atoms with E-state index in [0.29, 0.717) is 0 Å². The van der Waals surface area contributed by atoms with Gasteiger partial charge >= 0.3 is 0 Å². The van der Waals surface area contributed by atoms with Gasteiger partial charge in [-0.25, -0.2) is 0 Å². The van der Waals surface area contributed by atoms with Gasteiger partial charge in [0, 0.05) is 0 Å². The highest BCUT2D eigenvalue weighted by molar-refractivity contribution is 5.12. The second-order valence-corrected chi connectivity index (χ2v) is 5.21. The molecule has 0 aromatic carbocycles. The van der Waals surface area contributed by atoms with Crippen LogP contribution in [0.5, 0.6) is 0 Å². The molecule has 0 saturated heterocycles. The molecule has 0 aliphatic carbocycles. The second kappa shape index (κ2) is 4.79. The number of aliphatic hydroxyl groups is 1. The zero-order valence-corrected chi connectivity index (χ0v) is 10.2.